The molecule has 0 fully saturated rings. The van der Waals surface area contributed by atoms with E-state index in [9.17, 15) is 13.2 Å². The average Bonchev–Trinajstić information content (AvgIpc) is 1.99. The van der Waals surface area contributed by atoms with E-state index in [1.807, 2.05) is 0 Å². The van der Waals surface area contributed by atoms with Crippen LogP contribution in [0, 0.1) is 13.1 Å². The first-order chi connectivity index (χ1) is 5.52. The molecule has 0 aromatic carbocycles. The van der Waals surface area contributed by atoms with Gasteiger partial charge in [0.2, 0.25) is 0 Å². The molecule has 0 aliphatic heterocycles. The van der Waals surface area contributed by atoms with Crippen molar-refractivity contribution in [3.8, 4) is 0 Å². The van der Waals surface area contributed by atoms with Crippen LogP contribution in [0.15, 0.2) is 6.07 Å². The fraction of sp³-hybridized carbons (Fsp3) is 0.167. The molecule has 1 rings (SSSR count). The van der Waals surface area contributed by atoms with E-state index in [1.165, 1.54) is 0 Å². The van der Waals surface area contributed by atoms with Gasteiger partial charge in [0.25, 0.3) is 6.43 Å². The van der Waals surface area contributed by atoms with Crippen molar-refractivity contribution in [2.24, 2.45) is 0 Å². The van der Waals surface area contributed by atoms with Crippen LogP contribution >= 0.6 is 45.2 Å². The Hall–Kier alpha value is 0.400. The zero-order valence-corrected chi connectivity index (χ0v) is 9.81. The van der Waals surface area contributed by atoms with Gasteiger partial charge in [0.15, 0.2) is 5.82 Å². The Labute approximate surface area is 94.0 Å². The van der Waals surface area contributed by atoms with Crippen molar-refractivity contribution >= 4 is 45.2 Å². The highest BCUT2D eigenvalue weighted by atomic mass is 127. The van der Waals surface area contributed by atoms with Crippen molar-refractivity contribution in [1.82, 2.24) is 4.98 Å². The maximum atomic E-state index is 12.9. The number of halogens is 5. The number of alkyl halides is 2. The number of aromatic nitrogens is 1. The highest BCUT2D eigenvalue weighted by Crippen LogP contribution is 2.22. The standard InChI is InChI=1S/C6H2F3I2N/c7-4-2(10)1-3(5(8)9)12-6(4)11/h1,5H. The Morgan fingerprint density at radius 1 is 1.33 bits per heavy atom. The number of hydrogen-bond acceptors (Lipinski definition) is 1. The lowest BCUT2D eigenvalue weighted by atomic mass is 10.3. The summed E-state index contributed by atoms with van der Waals surface area (Å²) in [5, 5.41) is 0. The van der Waals surface area contributed by atoms with Crippen LogP contribution in [-0.2, 0) is 0 Å². The fourth-order valence-corrected chi connectivity index (χ4v) is 2.26. The lowest BCUT2D eigenvalue weighted by Gasteiger charge is -2.01. The second-order valence-electron chi connectivity index (χ2n) is 1.93. The Kier molecular flexibility index (Phi) is 3.56. The smallest absolute Gasteiger partial charge is 0.238 e. The molecule has 0 saturated heterocycles. The topological polar surface area (TPSA) is 12.9 Å². The first-order valence-electron chi connectivity index (χ1n) is 2.82. The van der Waals surface area contributed by atoms with Gasteiger partial charge in [0.1, 0.15) is 9.39 Å². The molecule has 1 nitrogen and oxygen atoms in total. The van der Waals surface area contributed by atoms with Crippen molar-refractivity contribution in [2.45, 2.75) is 6.43 Å². The van der Waals surface area contributed by atoms with Crippen LogP contribution in [0.1, 0.15) is 12.1 Å². The summed E-state index contributed by atoms with van der Waals surface area (Å²) in [6, 6.07) is 1.04. The summed E-state index contributed by atoms with van der Waals surface area (Å²) in [6.07, 6.45) is -2.65. The van der Waals surface area contributed by atoms with E-state index in [2.05, 4.69) is 4.98 Å². The SMILES string of the molecule is Fc1c(I)cc(C(F)F)nc1I. The minimum Gasteiger partial charge on any atom is -0.238 e. The van der Waals surface area contributed by atoms with Gasteiger partial charge in [-0.2, -0.15) is 0 Å². The van der Waals surface area contributed by atoms with Gasteiger partial charge in [-0.3, -0.25) is 0 Å². The molecule has 0 unspecified atom stereocenters. The first kappa shape index (κ1) is 10.5. The molecule has 66 valence electrons. The van der Waals surface area contributed by atoms with E-state index in [1.54, 1.807) is 45.2 Å². The molecule has 0 amide bonds. The average molecular weight is 399 g/mol. The molecule has 12 heavy (non-hydrogen) atoms. The van der Waals surface area contributed by atoms with E-state index in [4.69, 9.17) is 0 Å². The first-order valence-corrected chi connectivity index (χ1v) is 4.97. The van der Waals surface area contributed by atoms with Gasteiger partial charge in [-0.15, -0.1) is 0 Å². The van der Waals surface area contributed by atoms with Crippen LogP contribution in [0.4, 0.5) is 13.2 Å². The van der Waals surface area contributed by atoms with Gasteiger partial charge < -0.3 is 0 Å². The highest BCUT2D eigenvalue weighted by Gasteiger charge is 2.14. The summed E-state index contributed by atoms with van der Waals surface area (Å²) >= 11 is 3.24. The summed E-state index contributed by atoms with van der Waals surface area (Å²) in [5.74, 6) is -0.541. The van der Waals surface area contributed by atoms with Crippen LogP contribution in [-0.4, -0.2) is 4.98 Å². The second kappa shape index (κ2) is 4.07. The van der Waals surface area contributed by atoms with Gasteiger partial charge in [0.05, 0.1) is 3.57 Å². The Bertz CT molecular complexity index is 280. The Morgan fingerprint density at radius 3 is 2.33 bits per heavy atom. The van der Waals surface area contributed by atoms with Gasteiger partial charge >= 0.3 is 0 Å². The second-order valence-corrected chi connectivity index (χ2v) is 4.12. The summed E-state index contributed by atoms with van der Waals surface area (Å²) in [4.78, 5) is 3.39. The molecule has 0 aliphatic rings. The molecule has 0 spiro atoms. The van der Waals surface area contributed by atoms with E-state index < -0.39 is 12.2 Å². The maximum absolute atomic E-state index is 12.9. The van der Waals surface area contributed by atoms with Crippen LogP contribution in [0.25, 0.3) is 0 Å². The molecular formula is C6H2F3I2N. The molecular weight excluding hydrogens is 397 g/mol. The normalized spacial score (nSPS) is 10.8. The molecule has 6 heteroatoms. The number of hydrogen-bond donors (Lipinski definition) is 0. The maximum Gasteiger partial charge on any atom is 0.280 e. The molecule has 0 N–H and O–H groups in total. The molecule has 1 aromatic rings. The van der Waals surface area contributed by atoms with E-state index >= 15 is 0 Å². The minimum atomic E-state index is -2.65. The monoisotopic (exact) mass is 399 g/mol. The molecule has 1 heterocycles. The van der Waals surface area contributed by atoms with E-state index in [0.29, 0.717) is 0 Å². The quantitative estimate of drug-likeness (QED) is 0.522. The van der Waals surface area contributed by atoms with Crippen molar-refractivity contribution in [3.05, 3.63) is 24.8 Å². The lowest BCUT2D eigenvalue weighted by Crippen LogP contribution is -1.98. The third kappa shape index (κ3) is 2.21. The van der Waals surface area contributed by atoms with Crippen molar-refractivity contribution in [2.75, 3.05) is 0 Å². The summed E-state index contributed by atoms with van der Waals surface area (Å²) in [6.45, 7) is 0. The zero-order valence-electron chi connectivity index (χ0n) is 5.49. The summed E-state index contributed by atoms with van der Waals surface area (Å²) in [7, 11) is 0. The van der Waals surface area contributed by atoms with Crippen molar-refractivity contribution < 1.29 is 13.2 Å². The molecule has 0 saturated carbocycles. The molecule has 0 radical (unpaired) electrons. The zero-order chi connectivity index (χ0) is 9.30. The van der Waals surface area contributed by atoms with E-state index in [0.717, 1.165) is 6.07 Å². The number of nitrogens with zero attached hydrogens (tertiary/aromatic N) is 1. The van der Waals surface area contributed by atoms with Crippen LogP contribution in [0.3, 0.4) is 0 Å². The van der Waals surface area contributed by atoms with Crippen LogP contribution < -0.4 is 0 Å². The molecule has 0 bridgehead atoms. The summed E-state index contributed by atoms with van der Waals surface area (Å²) in [5.41, 5.74) is -0.384. The van der Waals surface area contributed by atoms with Crippen LogP contribution in [0.2, 0.25) is 0 Å². The third-order valence-corrected chi connectivity index (χ3v) is 2.62. The lowest BCUT2D eigenvalue weighted by molar-refractivity contribution is 0.145. The van der Waals surface area contributed by atoms with Crippen molar-refractivity contribution in [1.29, 1.82) is 0 Å². The largest absolute Gasteiger partial charge is 0.280 e. The van der Waals surface area contributed by atoms with Crippen LogP contribution in [0.5, 0.6) is 0 Å². The molecule has 0 atom stereocenters. The third-order valence-electron chi connectivity index (χ3n) is 1.12. The number of rotatable bonds is 1. The van der Waals surface area contributed by atoms with Gasteiger partial charge in [-0.05, 0) is 51.2 Å². The highest BCUT2D eigenvalue weighted by molar-refractivity contribution is 14.1. The molecule has 0 aliphatic carbocycles. The van der Waals surface area contributed by atoms with Gasteiger partial charge in [0, 0.05) is 0 Å². The minimum absolute atomic E-state index is 0.0187. The van der Waals surface area contributed by atoms with Gasteiger partial charge in [-0.25, -0.2) is 18.2 Å². The Morgan fingerprint density at radius 2 is 1.92 bits per heavy atom. The number of pyridine rings is 1. The van der Waals surface area contributed by atoms with E-state index in [-0.39, 0.29) is 13.0 Å². The molecule has 1 aromatic heterocycles. The predicted octanol–water partition coefficient (Wildman–Crippen LogP) is 3.37. The van der Waals surface area contributed by atoms with Gasteiger partial charge in [-0.1, -0.05) is 0 Å². The predicted molar refractivity (Wildman–Crippen MR) is 54.6 cm³/mol. The van der Waals surface area contributed by atoms with Crippen molar-refractivity contribution in [3.63, 3.8) is 0 Å². The fourth-order valence-electron chi connectivity index (χ4n) is 0.598. The summed E-state index contributed by atoms with van der Waals surface area (Å²) < 4.78 is 37.1. The Balaban J connectivity index is 3.21.